The summed E-state index contributed by atoms with van der Waals surface area (Å²) in [4.78, 5) is 23.8. The van der Waals surface area contributed by atoms with Gasteiger partial charge in [0.25, 0.3) is 0 Å². The fraction of sp³-hybridized carbons (Fsp3) is 0.375. The first-order valence-electron chi connectivity index (χ1n) is 11.1. The maximum atomic E-state index is 12.3. The summed E-state index contributed by atoms with van der Waals surface area (Å²) in [7, 11) is 3.98. The number of anilines is 2. The quantitative estimate of drug-likeness (QED) is 0.444. The van der Waals surface area contributed by atoms with Crippen molar-refractivity contribution in [3.8, 4) is 0 Å². The summed E-state index contributed by atoms with van der Waals surface area (Å²) in [6.45, 7) is 0.396. The van der Waals surface area contributed by atoms with Gasteiger partial charge in [-0.1, -0.05) is 41.4 Å². The van der Waals surface area contributed by atoms with Crippen LogP contribution in [-0.4, -0.2) is 42.2 Å². The number of carbonyl (C=O) groups is 1. The van der Waals surface area contributed by atoms with Crippen LogP contribution in [0.1, 0.15) is 31.2 Å². The van der Waals surface area contributed by atoms with Gasteiger partial charge in [-0.15, -0.1) is 0 Å². The lowest BCUT2D eigenvalue weighted by molar-refractivity contribution is 0.231. The smallest absolute Gasteiger partial charge is 0.315 e. The van der Waals surface area contributed by atoms with Crippen LogP contribution in [-0.2, 0) is 6.54 Å². The van der Waals surface area contributed by atoms with E-state index in [4.69, 9.17) is 33.2 Å². The first-order chi connectivity index (χ1) is 15.9. The van der Waals surface area contributed by atoms with E-state index in [2.05, 4.69) is 16.0 Å². The monoisotopic (exact) mass is 486 g/mol. The number of carbonyl (C=O) groups excluding carboxylic acids is 1. The molecule has 1 saturated carbocycles. The van der Waals surface area contributed by atoms with E-state index >= 15 is 0 Å². The van der Waals surface area contributed by atoms with Crippen molar-refractivity contribution in [3.05, 3.63) is 58.1 Å². The average Bonchev–Trinajstić information content (AvgIpc) is 2.80. The number of urea groups is 1. The minimum Gasteiger partial charge on any atom is -0.362 e. The fourth-order valence-electron chi connectivity index (χ4n) is 4.10. The molecule has 1 aliphatic carbocycles. The number of halogens is 2. The Labute approximate surface area is 203 Å². The summed E-state index contributed by atoms with van der Waals surface area (Å²) in [5, 5.41) is 11.5. The number of amides is 2. The van der Waals surface area contributed by atoms with Gasteiger partial charge in [0.1, 0.15) is 5.82 Å². The number of nitrogens with one attached hydrogen (secondary N) is 3. The molecular formula is C24H28Cl2N6O. The second-order valence-corrected chi connectivity index (χ2v) is 9.37. The van der Waals surface area contributed by atoms with Gasteiger partial charge in [0.05, 0.1) is 15.6 Å². The molecular weight excluding hydrogens is 459 g/mol. The van der Waals surface area contributed by atoms with Gasteiger partial charge in [0, 0.05) is 38.1 Å². The van der Waals surface area contributed by atoms with Crippen LogP contribution in [0.3, 0.4) is 0 Å². The van der Waals surface area contributed by atoms with Crippen LogP contribution in [0.5, 0.6) is 0 Å². The standard InChI is InChI=1S/C24H28Cl2N6O/c1-32(2)22-18-5-3-4-6-21(18)30-23(31-22)28-16-8-10-17(11-9-16)29-24(33)27-14-15-7-12-19(25)20(26)13-15/h3-7,12-13,16-17H,8-11,14H2,1-2H3,(H2,27,29,33)(H,28,30,31). The van der Waals surface area contributed by atoms with Crippen LogP contribution < -0.4 is 20.9 Å². The van der Waals surface area contributed by atoms with Gasteiger partial charge in [0.15, 0.2) is 0 Å². The average molecular weight is 487 g/mol. The summed E-state index contributed by atoms with van der Waals surface area (Å²) in [5.74, 6) is 1.55. The van der Waals surface area contributed by atoms with E-state index in [1.54, 1.807) is 12.1 Å². The summed E-state index contributed by atoms with van der Waals surface area (Å²) < 4.78 is 0. The van der Waals surface area contributed by atoms with Gasteiger partial charge in [-0.3, -0.25) is 0 Å². The highest BCUT2D eigenvalue weighted by Gasteiger charge is 2.23. The lowest BCUT2D eigenvalue weighted by Gasteiger charge is -2.30. The second kappa shape index (κ2) is 10.4. The van der Waals surface area contributed by atoms with E-state index in [0.717, 1.165) is 48.0 Å². The predicted octanol–water partition coefficient (Wildman–Crippen LogP) is 5.23. The number of hydrogen-bond acceptors (Lipinski definition) is 5. The van der Waals surface area contributed by atoms with Crippen molar-refractivity contribution in [2.75, 3.05) is 24.3 Å². The summed E-state index contributed by atoms with van der Waals surface area (Å²) >= 11 is 12.0. The van der Waals surface area contributed by atoms with Crippen LogP contribution in [0.25, 0.3) is 10.9 Å². The Kier molecular flexibility index (Phi) is 7.40. The van der Waals surface area contributed by atoms with Crippen molar-refractivity contribution in [2.45, 2.75) is 44.3 Å². The highest BCUT2D eigenvalue weighted by Crippen LogP contribution is 2.26. The van der Waals surface area contributed by atoms with Crippen molar-refractivity contribution in [2.24, 2.45) is 0 Å². The molecule has 0 bridgehead atoms. The van der Waals surface area contributed by atoms with E-state index in [9.17, 15) is 4.79 Å². The van der Waals surface area contributed by atoms with Gasteiger partial charge >= 0.3 is 6.03 Å². The minimum atomic E-state index is -0.175. The van der Waals surface area contributed by atoms with Crippen molar-refractivity contribution in [1.29, 1.82) is 0 Å². The molecule has 0 atom stereocenters. The summed E-state index contributed by atoms with van der Waals surface area (Å²) in [6, 6.07) is 13.6. The van der Waals surface area contributed by atoms with Crippen molar-refractivity contribution < 1.29 is 4.79 Å². The third-order valence-corrected chi connectivity index (χ3v) is 6.58. The van der Waals surface area contributed by atoms with Gasteiger partial charge in [-0.25, -0.2) is 9.78 Å². The Morgan fingerprint density at radius 1 is 1.00 bits per heavy atom. The summed E-state index contributed by atoms with van der Waals surface area (Å²) in [6.07, 6.45) is 3.66. The Morgan fingerprint density at radius 3 is 2.45 bits per heavy atom. The molecule has 174 valence electrons. The van der Waals surface area contributed by atoms with Gasteiger partial charge in [0.2, 0.25) is 5.95 Å². The molecule has 0 unspecified atom stereocenters. The molecule has 1 fully saturated rings. The number of aromatic nitrogens is 2. The Bertz CT molecular complexity index is 1130. The number of fused-ring (bicyclic) bond motifs is 1. The zero-order chi connectivity index (χ0) is 23.4. The zero-order valence-electron chi connectivity index (χ0n) is 18.7. The molecule has 9 heteroatoms. The van der Waals surface area contributed by atoms with Crippen molar-refractivity contribution in [3.63, 3.8) is 0 Å². The first-order valence-corrected chi connectivity index (χ1v) is 11.8. The Hall–Kier alpha value is -2.77. The van der Waals surface area contributed by atoms with E-state index in [-0.39, 0.29) is 18.1 Å². The van der Waals surface area contributed by atoms with Crippen LogP contribution in [0.15, 0.2) is 42.5 Å². The normalized spacial score (nSPS) is 18.1. The molecule has 1 aromatic heterocycles. The molecule has 2 aromatic carbocycles. The molecule has 0 aliphatic heterocycles. The highest BCUT2D eigenvalue weighted by atomic mass is 35.5. The third-order valence-electron chi connectivity index (χ3n) is 5.84. The molecule has 3 aromatic rings. The number of rotatable bonds is 6. The molecule has 33 heavy (non-hydrogen) atoms. The molecule has 4 rings (SSSR count). The van der Waals surface area contributed by atoms with E-state index in [1.165, 1.54) is 0 Å². The number of benzene rings is 2. The predicted molar refractivity (Wildman–Crippen MR) is 135 cm³/mol. The largest absolute Gasteiger partial charge is 0.362 e. The van der Waals surface area contributed by atoms with E-state index in [0.29, 0.717) is 22.5 Å². The first kappa shape index (κ1) is 23.4. The molecule has 0 radical (unpaired) electrons. The second-order valence-electron chi connectivity index (χ2n) is 8.55. The minimum absolute atomic E-state index is 0.145. The van der Waals surface area contributed by atoms with Crippen LogP contribution in [0.4, 0.5) is 16.6 Å². The van der Waals surface area contributed by atoms with Crippen LogP contribution in [0, 0.1) is 0 Å². The van der Waals surface area contributed by atoms with Crippen LogP contribution >= 0.6 is 23.2 Å². The maximum absolute atomic E-state index is 12.3. The Balaban J connectivity index is 1.27. The van der Waals surface area contributed by atoms with Gasteiger partial charge < -0.3 is 20.9 Å². The molecule has 3 N–H and O–H groups in total. The number of nitrogens with zero attached hydrogens (tertiary/aromatic N) is 3. The molecule has 1 heterocycles. The number of hydrogen-bond donors (Lipinski definition) is 3. The topological polar surface area (TPSA) is 82.2 Å². The van der Waals surface area contributed by atoms with Crippen LogP contribution in [0.2, 0.25) is 10.0 Å². The van der Waals surface area contributed by atoms with E-state index < -0.39 is 0 Å². The lowest BCUT2D eigenvalue weighted by atomic mass is 9.91. The summed E-state index contributed by atoms with van der Waals surface area (Å²) in [5.41, 5.74) is 1.83. The molecule has 2 amide bonds. The molecule has 0 saturated heterocycles. The molecule has 0 spiro atoms. The Morgan fingerprint density at radius 2 is 1.73 bits per heavy atom. The third kappa shape index (κ3) is 5.97. The maximum Gasteiger partial charge on any atom is 0.315 e. The highest BCUT2D eigenvalue weighted by molar-refractivity contribution is 6.42. The van der Waals surface area contributed by atoms with Gasteiger partial charge in [-0.05, 0) is 55.5 Å². The molecule has 1 aliphatic rings. The van der Waals surface area contributed by atoms with Crippen molar-refractivity contribution in [1.82, 2.24) is 20.6 Å². The van der Waals surface area contributed by atoms with Gasteiger partial charge in [-0.2, -0.15) is 4.98 Å². The lowest BCUT2D eigenvalue weighted by Crippen LogP contribution is -2.44. The zero-order valence-corrected chi connectivity index (χ0v) is 20.2. The van der Waals surface area contributed by atoms with E-state index in [1.807, 2.05) is 49.3 Å². The SMILES string of the molecule is CN(C)c1nc(NC2CCC(NC(=O)NCc3ccc(Cl)c(Cl)c3)CC2)nc2ccccc12. The molecule has 7 nitrogen and oxygen atoms in total. The number of para-hydroxylation sites is 1. The fourth-order valence-corrected chi connectivity index (χ4v) is 4.42. The van der Waals surface area contributed by atoms with Crippen molar-refractivity contribution >= 4 is 51.9 Å².